The molecule has 0 aromatic carbocycles. The van der Waals surface area contributed by atoms with Gasteiger partial charge in [0, 0.05) is 0 Å². The average molecular weight is 354 g/mol. The second-order valence-corrected chi connectivity index (χ2v) is 5.98. The number of aliphatic hydroxyl groups is 3. The van der Waals surface area contributed by atoms with E-state index in [0.29, 0.717) is 0 Å². The van der Waals surface area contributed by atoms with Gasteiger partial charge in [-0.2, -0.15) is 0 Å². The standard InChI is InChI=1S/C15H22N4O6/c1-2-3-4-5-24-15(12(22)11(21)9(6-20)25-15)19-8-18-10-13(19)16-7-17-14(10)23/h7-9,11-12,20-22H,2-6H2,1H3,(H,16,17,23)/t9-,11-,12-,15-/m1/s1. The maximum atomic E-state index is 11.9. The molecule has 2 aromatic heterocycles. The zero-order valence-corrected chi connectivity index (χ0v) is 13.8. The Kier molecular flexibility index (Phi) is 5.16. The summed E-state index contributed by atoms with van der Waals surface area (Å²) in [6, 6.07) is 0. The summed E-state index contributed by atoms with van der Waals surface area (Å²) in [4.78, 5) is 22.4. The highest BCUT2D eigenvalue weighted by Crippen LogP contribution is 2.38. The third-order valence-electron chi connectivity index (χ3n) is 4.31. The zero-order valence-electron chi connectivity index (χ0n) is 13.8. The quantitative estimate of drug-likeness (QED) is 0.466. The molecule has 10 nitrogen and oxygen atoms in total. The summed E-state index contributed by atoms with van der Waals surface area (Å²) in [5.41, 5.74) is -0.252. The Labute approximate surface area is 143 Å². The van der Waals surface area contributed by atoms with Crippen molar-refractivity contribution in [1.82, 2.24) is 19.5 Å². The first-order chi connectivity index (χ1) is 12.0. The van der Waals surface area contributed by atoms with Crippen LogP contribution in [0.15, 0.2) is 17.4 Å². The summed E-state index contributed by atoms with van der Waals surface area (Å²) < 4.78 is 12.8. The minimum absolute atomic E-state index is 0.0526. The largest absolute Gasteiger partial charge is 0.394 e. The van der Waals surface area contributed by atoms with Crippen molar-refractivity contribution in [1.29, 1.82) is 0 Å². The Bertz CT molecular complexity index is 777. The van der Waals surface area contributed by atoms with Gasteiger partial charge in [0.25, 0.3) is 11.5 Å². The third kappa shape index (κ3) is 2.96. The molecule has 0 spiro atoms. The number of ether oxygens (including phenoxy) is 2. The van der Waals surface area contributed by atoms with Gasteiger partial charge in [0.2, 0.25) is 0 Å². The number of hydrogen-bond donors (Lipinski definition) is 4. The predicted octanol–water partition coefficient (Wildman–Crippen LogP) is -0.950. The van der Waals surface area contributed by atoms with Crippen LogP contribution in [0, 0.1) is 0 Å². The second-order valence-electron chi connectivity index (χ2n) is 5.98. The van der Waals surface area contributed by atoms with Gasteiger partial charge in [0.1, 0.15) is 18.5 Å². The monoisotopic (exact) mass is 354 g/mol. The van der Waals surface area contributed by atoms with Crippen LogP contribution in [0.3, 0.4) is 0 Å². The molecule has 0 radical (unpaired) electrons. The topological polar surface area (TPSA) is 143 Å². The molecular formula is C15H22N4O6. The van der Waals surface area contributed by atoms with Gasteiger partial charge in [-0.15, -0.1) is 0 Å². The van der Waals surface area contributed by atoms with E-state index in [1.54, 1.807) is 0 Å². The number of aliphatic hydroxyl groups excluding tert-OH is 3. The van der Waals surface area contributed by atoms with Gasteiger partial charge in [-0.3, -0.25) is 9.36 Å². The first-order valence-electron chi connectivity index (χ1n) is 8.25. The predicted molar refractivity (Wildman–Crippen MR) is 85.6 cm³/mol. The number of hydrogen-bond acceptors (Lipinski definition) is 8. The number of rotatable bonds is 7. The van der Waals surface area contributed by atoms with Crippen molar-refractivity contribution in [2.24, 2.45) is 0 Å². The van der Waals surface area contributed by atoms with E-state index in [9.17, 15) is 20.1 Å². The first-order valence-corrected chi connectivity index (χ1v) is 8.25. The van der Waals surface area contributed by atoms with E-state index < -0.39 is 36.4 Å². The molecule has 2 aromatic rings. The summed E-state index contributed by atoms with van der Waals surface area (Å²) in [7, 11) is 0. The number of unbranched alkanes of at least 4 members (excludes halogenated alkanes) is 2. The Morgan fingerprint density at radius 2 is 2.20 bits per heavy atom. The van der Waals surface area contributed by atoms with Crippen LogP contribution in [0.2, 0.25) is 0 Å². The molecule has 25 heavy (non-hydrogen) atoms. The Morgan fingerprint density at radius 1 is 1.40 bits per heavy atom. The van der Waals surface area contributed by atoms with E-state index in [-0.39, 0.29) is 17.8 Å². The molecule has 0 unspecified atom stereocenters. The number of aromatic amines is 1. The van der Waals surface area contributed by atoms with Gasteiger partial charge >= 0.3 is 0 Å². The average Bonchev–Trinajstić information content (AvgIpc) is 3.15. The van der Waals surface area contributed by atoms with Gasteiger partial charge in [0.05, 0.1) is 19.5 Å². The van der Waals surface area contributed by atoms with Crippen molar-refractivity contribution in [3.8, 4) is 0 Å². The zero-order chi connectivity index (χ0) is 18.0. The van der Waals surface area contributed by atoms with Crippen LogP contribution in [0.1, 0.15) is 26.2 Å². The number of nitrogens with one attached hydrogen (secondary N) is 1. The van der Waals surface area contributed by atoms with Gasteiger partial charge in [-0.25, -0.2) is 9.97 Å². The van der Waals surface area contributed by atoms with Gasteiger partial charge < -0.3 is 29.8 Å². The van der Waals surface area contributed by atoms with Crippen molar-refractivity contribution < 1.29 is 24.8 Å². The fourth-order valence-corrected chi connectivity index (χ4v) is 2.95. The van der Waals surface area contributed by atoms with Crippen LogP contribution in [0.4, 0.5) is 0 Å². The van der Waals surface area contributed by atoms with E-state index in [1.807, 2.05) is 6.92 Å². The van der Waals surface area contributed by atoms with Crippen LogP contribution < -0.4 is 5.56 Å². The highest BCUT2D eigenvalue weighted by molar-refractivity contribution is 5.69. The highest BCUT2D eigenvalue weighted by Gasteiger charge is 2.57. The number of nitrogens with zero attached hydrogens (tertiary/aromatic N) is 3. The maximum absolute atomic E-state index is 11.9. The highest BCUT2D eigenvalue weighted by atomic mass is 16.7. The fraction of sp³-hybridized carbons (Fsp3) is 0.667. The van der Waals surface area contributed by atoms with Crippen molar-refractivity contribution in [2.75, 3.05) is 13.2 Å². The summed E-state index contributed by atoms with van der Waals surface area (Å²) in [6.07, 6.45) is 1.18. The Balaban J connectivity index is 2.04. The smallest absolute Gasteiger partial charge is 0.288 e. The summed E-state index contributed by atoms with van der Waals surface area (Å²) >= 11 is 0. The van der Waals surface area contributed by atoms with E-state index in [4.69, 9.17) is 9.47 Å². The van der Waals surface area contributed by atoms with Crippen molar-refractivity contribution >= 4 is 11.2 Å². The van der Waals surface area contributed by atoms with Gasteiger partial charge in [-0.1, -0.05) is 19.8 Å². The van der Waals surface area contributed by atoms with Crippen molar-refractivity contribution in [2.45, 2.75) is 50.4 Å². The summed E-state index contributed by atoms with van der Waals surface area (Å²) in [5.74, 6) is -1.82. The molecule has 4 N–H and O–H groups in total. The van der Waals surface area contributed by atoms with Crippen molar-refractivity contribution in [3.05, 3.63) is 23.0 Å². The SMILES string of the molecule is CCCCCO[C@@]1(n2cnc3c(=O)[nH]cnc32)O[C@H](CO)[C@@H](O)[C@H]1O. The van der Waals surface area contributed by atoms with Crippen LogP contribution in [0.25, 0.3) is 11.2 Å². The van der Waals surface area contributed by atoms with Gasteiger partial charge in [-0.05, 0) is 6.42 Å². The molecule has 1 fully saturated rings. The molecule has 0 amide bonds. The number of imidazole rings is 1. The Hall–Kier alpha value is -1.85. The third-order valence-corrected chi connectivity index (χ3v) is 4.31. The van der Waals surface area contributed by atoms with Gasteiger partial charge in [0.15, 0.2) is 17.3 Å². The fourth-order valence-electron chi connectivity index (χ4n) is 2.95. The molecule has 3 heterocycles. The summed E-state index contributed by atoms with van der Waals surface area (Å²) in [6.45, 7) is 1.79. The van der Waals surface area contributed by atoms with E-state index in [0.717, 1.165) is 19.3 Å². The molecule has 10 heteroatoms. The number of aromatic nitrogens is 4. The van der Waals surface area contributed by atoms with Crippen LogP contribution in [0.5, 0.6) is 0 Å². The lowest BCUT2D eigenvalue weighted by Gasteiger charge is -2.33. The molecule has 1 aliphatic rings. The molecule has 0 aliphatic carbocycles. The van der Waals surface area contributed by atoms with Crippen LogP contribution in [-0.4, -0.2) is 66.4 Å². The molecular weight excluding hydrogens is 332 g/mol. The van der Waals surface area contributed by atoms with Crippen molar-refractivity contribution in [3.63, 3.8) is 0 Å². The van der Waals surface area contributed by atoms with E-state index in [2.05, 4.69) is 15.0 Å². The Morgan fingerprint density at radius 3 is 2.88 bits per heavy atom. The lowest BCUT2D eigenvalue weighted by Crippen LogP contribution is -2.48. The molecule has 3 rings (SSSR count). The summed E-state index contributed by atoms with van der Waals surface area (Å²) in [5, 5.41) is 30.2. The van der Waals surface area contributed by atoms with Crippen LogP contribution >= 0.6 is 0 Å². The van der Waals surface area contributed by atoms with E-state index >= 15 is 0 Å². The number of H-pyrrole nitrogens is 1. The first kappa shape index (κ1) is 18.0. The molecule has 0 saturated carbocycles. The lowest BCUT2D eigenvalue weighted by molar-refractivity contribution is -0.314. The molecule has 0 bridgehead atoms. The normalized spacial score (nSPS) is 29.5. The molecule has 138 valence electrons. The molecule has 4 atom stereocenters. The van der Waals surface area contributed by atoms with Crippen LogP contribution in [-0.2, 0) is 15.4 Å². The minimum Gasteiger partial charge on any atom is -0.394 e. The second kappa shape index (κ2) is 7.18. The van der Waals surface area contributed by atoms with E-state index in [1.165, 1.54) is 17.2 Å². The lowest BCUT2D eigenvalue weighted by atomic mass is 10.1. The molecule has 1 saturated heterocycles. The molecule has 1 aliphatic heterocycles. The number of fused-ring (bicyclic) bond motifs is 1. The minimum atomic E-state index is -1.82. The maximum Gasteiger partial charge on any atom is 0.288 e.